The molecule has 0 fully saturated rings. The summed E-state index contributed by atoms with van der Waals surface area (Å²) >= 11 is 0. The smallest absolute Gasteiger partial charge is 0.222 e. The van der Waals surface area contributed by atoms with Gasteiger partial charge in [-0.2, -0.15) is 0 Å². The number of carbonyl (C=O) groups is 1. The molecule has 0 atom stereocenters. The molecular formula is C17H15NO4S. The van der Waals surface area contributed by atoms with Crippen LogP contribution in [0, 0.1) is 0 Å². The van der Waals surface area contributed by atoms with Gasteiger partial charge in [0, 0.05) is 11.5 Å². The maximum Gasteiger partial charge on any atom is 0.222 e. The summed E-state index contributed by atoms with van der Waals surface area (Å²) in [4.78, 5) is 10.6. The Morgan fingerprint density at radius 2 is 1.61 bits per heavy atom. The summed E-state index contributed by atoms with van der Waals surface area (Å²) in [7, 11) is -2.31. The maximum atomic E-state index is 10.8. The number of carbonyl (C=O) groups excluding carboxylic acids is 1. The fraction of sp³-hybridized carbons (Fsp3) is 0.0588. The number of hydrogen-bond donors (Lipinski definition) is 0. The molecule has 3 aromatic rings. The van der Waals surface area contributed by atoms with Crippen molar-refractivity contribution in [2.45, 2.75) is 4.90 Å². The highest BCUT2D eigenvalue weighted by Gasteiger charge is 2.08. The van der Waals surface area contributed by atoms with Gasteiger partial charge in [0.25, 0.3) is 0 Å². The Morgan fingerprint density at radius 1 is 0.957 bits per heavy atom. The number of fused-ring (bicyclic) bond motifs is 1. The average molecular weight is 329 g/mol. The Kier molecular flexibility index (Phi) is 5.20. The van der Waals surface area contributed by atoms with Gasteiger partial charge in [0.1, 0.15) is 17.2 Å². The molecule has 0 radical (unpaired) electrons. The molecule has 0 N–H and O–H groups in total. The molecule has 23 heavy (non-hydrogen) atoms. The van der Waals surface area contributed by atoms with E-state index in [1.54, 1.807) is 6.07 Å². The van der Waals surface area contributed by atoms with E-state index in [-0.39, 0.29) is 4.90 Å². The van der Waals surface area contributed by atoms with Crippen LogP contribution in [0.1, 0.15) is 10.4 Å². The molecule has 1 aromatic heterocycles. The Labute approximate surface area is 134 Å². The molecule has 0 bridgehead atoms. The quantitative estimate of drug-likeness (QED) is 0.410. The second-order valence-corrected chi connectivity index (χ2v) is 6.17. The number of aromatic nitrogens is 1. The summed E-state index contributed by atoms with van der Waals surface area (Å²) in [6.45, 7) is 0. The molecule has 0 amide bonds. The molecule has 118 valence electrons. The molecular weight excluding hydrogens is 314 g/mol. The number of pyridine rings is 1. The van der Waals surface area contributed by atoms with Crippen LogP contribution in [-0.4, -0.2) is 19.3 Å². The normalized spacial score (nSPS) is 10.7. The summed E-state index contributed by atoms with van der Waals surface area (Å²) in [5, 5.41) is 1.09. The van der Waals surface area contributed by atoms with Crippen molar-refractivity contribution in [3.63, 3.8) is 0 Å². The predicted octanol–water partition coefficient (Wildman–Crippen LogP) is 2.07. The van der Waals surface area contributed by atoms with Crippen molar-refractivity contribution in [3.05, 3.63) is 72.4 Å². The van der Waals surface area contributed by atoms with Gasteiger partial charge in [-0.3, -0.25) is 4.79 Å². The van der Waals surface area contributed by atoms with Gasteiger partial charge in [-0.1, -0.05) is 24.3 Å². The van der Waals surface area contributed by atoms with Crippen LogP contribution in [0.4, 0.5) is 0 Å². The maximum absolute atomic E-state index is 10.8. The number of aryl methyl sites for hydroxylation is 1. The average Bonchev–Trinajstić information content (AvgIpc) is 2.55. The van der Waals surface area contributed by atoms with E-state index in [0.717, 1.165) is 22.8 Å². The highest BCUT2D eigenvalue weighted by Crippen LogP contribution is 2.12. The SMILES string of the molecule is C[n+]1cccc2cccc(C=O)c21.O=S(=O)([O-])c1ccccc1. The first-order valence-corrected chi connectivity index (χ1v) is 8.18. The minimum Gasteiger partial charge on any atom is -0.744 e. The second kappa shape index (κ2) is 7.13. The number of hydrogen-bond acceptors (Lipinski definition) is 4. The van der Waals surface area contributed by atoms with Crippen LogP contribution in [0.5, 0.6) is 0 Å². The molecule has 5 nitrogen and oxygen atoms in total. The van der Waals surface area contributed by atoms with Crippen LogP contribution in [0.15, 0.2) is 71.8 Å². The van der Waals surface area contributed by atoms with Crippen molar-refractivity contribution in [3.8, 4) is 0 Å². The van der Waals surface area contributed by atoms with Gasteiger partial charge in [0.05, 0.1) is 10.5 Å². The molecule has 2 aromatic carbocycles. The van der Waals surface area contributed by atoms with E-state index in [2.05, 4.69) is 0 Å². The van der Waals surface area contributed by atoms with Gasteiger partial charge in [-0.15, -0.1) is 0 Å². The molecule has 0 saturated heterocycles. The van der Waals surface area contributed by atoms with Gasteiger partial charge in [0.15, 0.2) is 12.5 Å². The third kappa shape index (κ3) is 4.21. The Balaban J connectivity index is 0.000000174. The van der Waals surface area contributed by atoms with Gasteiger partial charge < -0.3 is 4.55 Å². The fourth-order valence-corrected chi connectivity index (χ4v) is 2.64. The topological polar surface area (TPSA) is 78.1 Å². The zero-order valence-electron chi connectivity index (χ0n) is 12.4. The lowest BCUT2D eigenvalue weighted by atomic mass is 10.1. The fourth-order valence-electron chi connectivity index (χ4n) is 2.15. The summed E-state index contributed by atoms with van der Waals surface area (Å²) in [6.07, 6.45) is 2.83. The van der Waals surface area contributed by atoms with Crippen LogP contribution in [0.3, 0.4) is 0 Å². The molecule has 0 aliphatic rings. The highest BCUT2D eigenvalue weighted by atomic mass is 32.2. The van der Waals surface area contributed by atoms with Crippen molar-refractivity contribution in [1.29, 1.82) is 0 Å². The van der Waals surface area contributed by atoms with Crippen molar-refractivity contribution < 1.29 is 22.3 Å². The third-order valence-electron chi connectivity index (χ3n) is 3.20. The first kappa shape index (κ1) is 16.8. The molecule has 0 spiro atoms. The Bertz CT molecular complexity index is 916. The van der Waals surface area contributed by atoms with Crippen LogP contribution in [0.2, 0.25) is 0 Å². The summed E-state index contributed by atoms with van der Waals surface area (Å²) in [6, 6.07) is 16.9. The van der Waals surface area contributed by atoms with Crippen LogP contribution >= 0.6 is 0 Å². The monoisotopic (exact) mass is 329 g/mol. The predicted molar refractivity (Wildman–Crippen MR) is 84.9 cm³/mol. The zero-order valence-corrected chi connectivity index (χ0v) is 13.2. The molecule has 0 aliphatic heterocycles. The zero-order chi connectivity index (χ0) is 16.9. The van der Waals surface area contributed by atoms with Crippen LogP contribution in [-0.2, 0) is 17.2 Å². The van der Waals surface area contributed by atoms with Gasteiger partial charge in [-0.05, 0) is 30.3 Å². The molecule has 0 aliphatic carbocycles. The number of aldehydes is 1. The van der Waals surface area contributed by atoms with E-state index in [1.807, 2.05) is 48.1 Å². The first-order valence-electron chi connectivity index (χ1n) is 6.77. The minimum atomic E-state index is -4.25. The highest BCUT2D eigenvalue weighted by molar-refractivity contribution is 7.85. The largest absolute Gasteiger partial charge is 0.744 e. The molecule has 0 unspecified atom stereocenters. The minimum absolute atomic E-state index is 0.185. The third-order valence-corrected chi connectivity index (χ3v) is 4.04. The van der Waals surface area contributed by atoms with E-state index in [4.69, 9.17) is 0 Å². The molecule has 6 heteroatoms. The van der Waals surface area contributed by atoms with Crippen molar-refractivity contribution in [1.82, 2.24) is 0 Å². The van der Waals surface area contributed by atoms with E-state index in [1.165, 1.54) is 24.3 Å². The molecule has 3 rings (SSSR count). The van der Waals surface area contributed by atoms with Crippen molar-refractivity contribution in [2.24, 2.45) is 7.05 Å². The number of rotatable bonds is 2. The Morgan fingerprint density at radius 3 is 2.17 bits per heavy atom. The lowest BCUT2D eigenvalue weighted by Crippen LogP contribution is -2.28. The van der Waals surface area contributed by atoms with E-state index >= 15 is 0 Å². The van der Waals surface area contributed by atoms with Gasteiger partial charge in [0.2, 0.25) is 5.52 Å². The molecule has 1 heterocycles. The number of para-hydroxylation sites is 1. The van der Waals surface area contributed by atoms with Gasteiger partial charge in [-0.25, -0.2) is 13.0 Å². The summed E-state index contributed by atoms with van der Waals surface area (Å²) < 4.78 is 32.8. The van der Waals surface area contributed by atoms with Crippen molar-refractivity contribution in [2.75, 3.05) is 0 Å². The van der Waals surface area contributed by atoms with Crippen molar-refractivity contribution >= 4 is 27.3 Å². The standard InChI is InChI=1S/C11H10NO.C6H6O3S/c1-12-7-3-6-9-4-2-5-10(8-13)11(9)12;7-10(8,9)6-4-2-1-3-5-6/h2-8H,1H3;1-5H,(H,7,8,9)/q+1;/p-1. The Hall–Kier alpha value is -2.57. The van der Waals surface area contributed by atoms with E-state index < -0.39 is 10.1 Å². The summed E-state index contributed by atoms with van der Waals surface area (Å²) in [5.41, 5.74) is 1.72. The van der Waals surface area contributed by atoms with Gasteiger partial charge >= 0.3 is 0 Å². The number of nitrogens with zero attached hydrogens (tertiary/aromatic N) is 1. The van der Waals surface area contributed by atoms with E-state index in [9.17, 15) is 17.8 Å². The van der Waals surface area contributed by atoms with E-state index in [0.29, 0.717) is 0 Å². The summed E-state index contributed by atoms with van der Waals surface area (Å²) in [5.74, 6) is 0. The number of benzene rings is 2. The molecule has 0 saturated carbocycles. The van der Waals surface area contributed by atoms with Crippen LogP contribution < -0.4 is 4.57 Å². The van der Waals surface area contributed by atoms with Crippen LogP contribution in [0.25, 0.3) is 10.9 Å². The lowest BCUT2D eigenvalue weighted by Gasteiger charge is -2.04. The lowest BCUT2D eigenvalue weighted by molar-refractivity contribution is -0.644. The second-order valence-electron chi connectivity index (χ2n) is 4.79. The first-order chi connectivity index (χ1) is 10.9.